The molecule has 0 aliphatic heterocycles. The van der Waals surface area contributed by atoms with E-state index in [4.69, 9.17) is 0 Å². The van der Waals surface area contributed by atoms with Crippen molar-refractivity contribution in [2.45, 2.75) is 0 Å². The minimum Gasteiger partial charge on any atom is -0.309 e. The van der Waals surface area contributed by atoms with E-state index < -0.39 is 0 Å². The summed E-state index contributed by atoms with van der Waals surface area (Å²) >= 11 is 0. The molecule has 2 aromatic heterocycles. The van der Waals surface area contributed by atoms with E-state index in [2.05, 4.69) is 155 Å². The normalized spacial score (nSPS) is 12.3. The molecule has 0 atom stereocenters. The zero-order valence-corrected chi connectivity index (χ0v) is 22.8. The molecule has 8 aromatic carbocycles. The predicted octanol–water partition coefficient (Wildman–Crippen LogP) is 10.7. The first-order chi connectivity index (χ1) is 20.8. The standard InChI is InChI=1S/C40H24N2/c1-5-27-13-14-28-6-2-10-34-38(28)37(27)33(9-1)41(34)31-21-17-25(18-22-31)26-19-23-32(24-20-26)42-35-11-3-7-29-15-16-30-8-4-12-36(42)40(30)39(29)35/h1-24H. The Balaban J connectivity index is 1.08. The van der Waals surface area contributed by atoms with Crippen molar-refractivity contribution in [2.24, 2.45) is 0 Å². The van der Waals surface area contributed by atoms with Crippen LogP contribution in [0.15, 0.2) is 146 Å². The quantitative estimate of drug-likeness (QED) is 0.200. The average Bonchev–Trinajstić information content (AvgIpc) is 3.58. The van der Waals surface area contributed by atoms with Gasteiger partial charge in [0.1, 0.15) is 0 Å². The second-order valence-electron chi connectivity index (χ2n) is 11.4. The molecule has 0 spiro atoms. The van der Waals surface area contributed by atoms with E-state index in [1.807, 2.05) is 0 Å². The monoisotopic (exact) mass is 532 g/mol. The predicted molar refractivity (Wildman–Crippen MR) is 178 cm³/mol. The summed E-state index contributed by atoms with van der Waals surface area (Å²) in [6, 6.07) is 53.5. The average molecular weight is 533 g/mol. The molecule has 0 amide bonds. The molecule has 0 aliphatic carbocycles. The lowest BCUT2D eigenvalue weighted by Gasteiger charge is -2.11. The highest BCUT2D eigenvalue weighted by Crippen LogP contribution is 2.40. The van der Waals surface area contributed by atoms with E-state index in [0.29, 0.717) is 0 Å². The lowest BCUT2D eigenvalue weighted by atomic mass is 10.0. The van der Waals surface area contributed by atoms with Gasteiger partial charge in [-0.25, -0.2) is 0 Å². The van der Waals surface area contributed by atoms with Crippen LogP contribution in [0.25, 0.3) is 87.7 Å². The van der Waals surface area contributed by atoms with Gasteiger partial charge in [0.15, 0.2) is 0 Å². The van der Waals surface area contributed by atoms with Crippen LogP contribution in [0.5, 0.6) is 0 Å². The molecule has 0 unspecified atom stereocenters. The van der Waals surface area contributed by atoms with Crippen LogP contribution < -0.4 is 0 Å². The molecule has 194 valence electrons. The Morgan fingerprint density at radius 3 is 0.833 bits per heavy atom. The Hall–Kier alpha value is -5.60. The summed E-state index contributed by atoms with van der Waals surface area (Å²) in [6.07, 6.45) is 0. The first-order valence-corrected chi connectivity index (χ1v) is 14.5. The van der Waals surface area contributed by atoms with Crippen molar-refractivity contribution in [2.75, 3.05) is 0 Å². The second-order valence-corrected chi connectivity index (χ2v) is 11.4. The lowest BCUT2D eigenvalue weighted by molar-refractivity contribution is 1.18. The highest BCUT2D eigenvalue weighted by Gasteiger charge is 2.17. The van der Waals surface area contributed by atoms with Crippen molar-refractivity contribution < 1.29 is 0 Å². The van der Waals surface area contributed by atoms with E-state index in [0.717, 1.165) is 0 Å². The van der Waals surface area contributed by atoms with E-state index in [-0.39, 0.29) is 0 Å². The van der Waals surface area contributed by atoms with Gasteiger partial charge in [-0.05, 0) is 81.2 Å². The molecule has 2 heteroatoms. The maximum absolute atomic E-state index is 2.41. The van der Waals surface area contributed by atoms with Crippen molar-refractivity contribution in [1.82, 2.24) is 9.13 Å². The Morgan fingerprint density at radius 2 is 0.548 bits per heavy atom. The van der Waals surface area contributed by atoms with Gasteiger partial charge in [0.05, 0.1) is 22.1 Å². The van der Waals surface area contributed by atoms with Crippen LogP contribution in [0.3, 0.4) is 0 Å². The van der Waals surface area contributed by atoms with Crippen LogP contribution >= 0.6 is 0 Å². The van der Waals surface area contributed by atoms with Gasteiger partial charge in [0, 0.05) is 32.9 Å². The summed E-state index contributed by atoms with van der Waals surface area (Å²) in [7, 11) is 0. The number of rotatable bonds is 3. The van der Waals surface area contributed by atoms with Crippen molar-refractivity contribution in [3.63, 3.8) is 0 Å². The van der Waals surface area contributed by atoms with Crippen molar-refractivity contribution in [3.8, 4) is 22.5 Å². The van der Waals surface area contributed by atoms with Gasteiger partial charge in [-0.1, -0.05) is 97.1 Å². The van der Waals surface area contributed by atoms with Crippen molar-refractivity contribution >= 4 is 65.2 Å². The third-order valence-electron chi connectivity index (χ3n) is 9.23. The summed E-state index contributed by atoms with van der Waals surface area (Å²) in [5.41, 5.74) is 9.83. The molecular weight excluding hydrogens is 508 g/mol. The molecule has 42 heavy (non-hydrogen) atoms. The van der Waals surface area contributed by atoms with Gasteiger partial charge in [-0.3, -0.25) is 0 Å². The fourth-order valence-electron chi connectivity index (χ4n) is 7.40. The molecule has 0 radical (unpaired) electrons. The number of hydrogen-bond donors (Lipinski definition) is 0. The minimum absolute atomic E-state index is 1.18. The summed E-state index contributed by atoms with van der Waals surface area (Å²) in [5.74, 6) is 0. The summed E-state index contributed by atoms with van der Waals surface area (Å²) < 4.78 is 4.81. The molecular formula is C40H24N2. The van der Waals surface area contributed by atoms with Gasteiger partial charge in [0.2, 0.25) is 0 Å². The number of nitrogens with zero attached hydrogens (tertiary/aromatic N) is 2. The maximum atomic E-state index is 2.41. The third kappa shape index (κ3) is 2.83. The molecule has 10 rings (SSSR count). The summed E-state index contributed by atoms with van der Waals surface area (Å²) in [5, 5.41) is 10.6. The van der Waals surface area contributed by atoms with Gasteiger partial charge in [-0.15, -0.1) is 0 Å². The van der Waals surface area contributed by atoms with Gasteiger partial charge < -0.3 is 9.13 Å². The van der Waals surface area contributed by atoms with Crippen LogP contribution in [0, 0.1) is 0 Å². The van der Waals surface area contributed by atoms with Crippen LogP contribution in [0.2, 0.25) is 0 Å². The van der Waals surface area contributed by atoms with E-state index in [1.165, 1.54) is 87.7 Å². The Morgan fingerprint density at radius 1 is 0.262 bits per heavy atom. The molecule has 0 N–H and O–H groups in total. The largest absolute Gasteiger partial charge is 0.309 e. The zero-order valence-electron chi connectivity index (χ0n) is 22.8. The second kappa shape index (κ2) is 7.99. The first-order valence-electron chi connectivity index (χ1n) is 14.5. The SMILES string of the molecule is c1cc2ccc3cccc4c3c2c(c1)n4-c1ccc(-c2ccc(-n3c4cccc5ccc6cccc3c6c54)cc2)cc1. The summed E-state index contributed by atoms with van der Waals surface area (Å²) in [6.45, 7) is 0. The maximum Gasteiger partial charge on any atom is 0.0547 e. The van der Waals surface area contributed by atoms with Gasteiger partial charge in [-0.2, -0.15) is 0 Å². The first kappa shape index (κ1) is 22.1. The molecule has 0 aliphatic rings. The zero-order chi connectivity index (χ0) is 27.4. The molecule has 0 fully saturated rings. The fourth-order valence-corrected chi connectivity index (χ4v) is 7.40. The highest BCUT2D eigenvalue weighted by atomic mass is 15.0. The smallest absolute Gasteiger partial charge is 0.0547 e. The topological polar surface area (TPSA) is 9.86 Å². The Kier molecular flexibility index (Phi) is 4.21. The van der Waals surface area contributed by atoms with E-state index >= 15 is 0 Å². The molecule has 0 saturated heterocycles. The number of hydrogen-bond acceptors (Lipinski definition) is 0. The van der Waals surface area contributed by atoms with Crippen LogP contribution in [0.1, 0.15) is 0 Å². The minimum atomic E-state index is 1.18. The van der Waals surface area contributed by atoms with E-state index in [1.54, 1.807) is 0 Å². The molecule has 0 bridgehead atoms. The van der Waals surface area contributed by atoms with Crippen LogP contribution in [-0.4, -0.2) is 9.13 Å². The molecule has 0 saturated carbocycles. The van der Waals surface area contributed by atoms with Crippen molar-refractivity contribution in [3.05, 3.63) is 146 Å². The Bertz CT molecular complexity index is 2280. The van der Waals surface area contributed by atoms with E-state index in [9.17, 15) is 0 Å². The number of benzene rings is 8. The number of aromatic nitrogens is 2. The fraction of sp³-hybridized carbons (Fsp3) is 0. The van der Waals surface area contributed by atoms with Gasteiger partial charge >= 0.3 is 0 Å². The van der Waals surface area contributed by atoms with Crippen LogP contribution in [-0.2, 0) is 0 Å². The highest BCUT2D eigenvalue weighted by molar-refractivity contribution is 6.25. The molecule has 2 nitrogen and oxygen atoms in total. The van der Waals surface area contributed by atoms with Crippen molar-refractivity contribution in [1.29, 1.82) is 0 Å². The van der Waals surface area contributed by atoms with Crippen LogP contribution in [0.4, 0.5) is 0 Å². The third-order valence-corrected chi connectivity index (χ3v) is 9.23. The summed E-state index contributed by atoms with van der Waals surface area (Å²) in [4.78, 5) is 0. The lowest BCUT2D eigenvalue weighted by Crippen LogP contribution is -1.94. The van der Waals surface area contributed by atoms with Gasteiger partial charge in [0.25, 0.3) is 0 Å². The molecule has 10 aromatic rings. The Labute approximate surface area is 241 Å². The molecule has 2 heterocycles.